The summed E-state index contributed by atoms with van der Waals surface area (Å²) in [4.78, 5) is 14.4. The number of nitrogens with two attached hydrogens (primary N) is 1. The maximum Gasteiger partial charge on any atom is 0.241 e. The van der Waals surface area contributed by atoms with Crippen molar-refractivity contribution < 1.29 is 4.79 Å². The molecule has 0 aliphatic heterocycles. The number of hydrogen-bond donors (Lipinski definition) is 2. The van der Waals surface area contributed by atoms with Crippen molar-refractivity contribution in [1.82, 2.24) is 15.1 Å². The average Bonchev–Trinajstić information content (AvgIpc) is 3.03. The first kappa shape index (κ1) is 13.8. The van der Waals surface area contributed by atoms with Crippen molar-refractivity contribution in [2.45, 2.75) is 25.9 Å². The summed E-state index contributed by atoms with van der Waals surface area (Å²) in [6, 6.07) is 3.46. The minimum atomic E-state index is -0.667. The number of amides is 1. The second-order valence-corrected chi connectivity index (χ2v) is 5.62. The molecule has 0 spiro atoms. The normalized spacial score (nSPS) is 12.4. The predicted molar refractivity (Wildman–Crippen MR) is 75.7 cm³/mol. The quantitative estimate of drug-likeness (QED) is 0.867. The van der Waals surface area contributed by atoms with E-state index in [-0.39, 0.29) is 5.91 Å². The van der Waals surface area contributed by atoms with Crippen LogP contribution < -0.4 is 11.1 Å². The van der Waals surface area contributed by atoms with Crippen molar-refractivity contribution in [3.8, 4) is 0 Å². The maximum atomic E-state index is 11.9. The van der Waals surface area contributed by atoms with Crippen molar-refractivity contribution in [2.75, 3.05) is 0 Å². The van der Waals surface area contributed by atoms with Crippen molar-refractivity contribution in [3.63, 3.8) is 0 Å². The van der Waals surface area contributed by atoms with Gasteiger partial charge in [0, 0.05) is 28.6 Å². The smallest absolute Gasteiger partial charge is 0.241 e. The van der Waals surface area contributed by atoms with E-state index in [4.69, 9.17) is 5.73 Å². The molecule has 0 radical (unpaired) electrons. The topological polar surface area (TPSA) is 72.9 Å². The van der Waals surface area contributed by atoms with E-state index in [2.05, 4.69) is 23.4 Å². The molecule has 1 atom stereocenters. The Morgan fingerprint density at radius 1 is 1.53 bits per heavy atom. The van der Waals surface area contributed by atoms with Crippen LogP contribution in [0.5, 0.6) is 0 Å². The van der Waals surface area contributed by atoms with Crippen LogP contribution >= 0.6 is 11.3 Å². The van der Waals surface area contributed by atoms with Crippen LogP contribution in [0.4, 0.5) is 0 Å². The number of nitrogens with zero attached hydrogens (tertiary/aromatic N) is 2. The number of thiophene rings is 1. The molecule has 0 bridgehead atoms. The standard InChI is InChI=1S/C13H18N4OS/c1-3-10-4-5-11(19-10)7-15-13(18)12(14)9-6-16-17(2)8-9/h4-6,8,12H,3,7,14H2,1-2H3,(H,15,18). The Morgan fingerprint density at radius 3 is 2.84 bits per heavy atom. The molecule has 0 aromatic carbocycles. The lowest BCUT2D eigenvalue weighted by Crippen LogP contribution is -2.33. The molecular formula is C13H18N4OS. The van der Waals surface area contributed by atoms with E-state index in [1.54, 1.807) is 35.5 Å². The van der Waals surface area contributed by atoms with Gasteiger partial charge in [0.2, 0.25) is 5.91 Å². The number of carbonyl (C=O) groups excluding carboxylic acids is 1. The molecule has 0 aliphatic carbocycles. The minimum absolute atomic E-state index is 0.181. The minimum Gasteiger partial charge on any atom is -0.350 e. The van der Waals surface area contributed by atoms with Gasteiger partial charge in [0.25, 0.3) is 0 Å². The molecule has 19 heavy (non-hydrogen) atoms. The second kappa shape index (κ2) is 5.99. The maximum absolute atomic E-state index is 11.9. The number of nitrogens with one attached hydrogen (secondary N) is 1. The van der Waals surface area contributed by atoms with Crippen LogP contribution in [0.2, 0.25) is 0 Å². The third-order valence-corrected chi connectivity index (χ3v) is 4.10. The van der Waals surface area contributed by atoms with Gasteiger partial charge in [-0.05, 0) is 18.6 Å². The second-order valence-electron chi connectivity index (χ2n) is 4.36. The van der Waals surface area contributed by atoms with Crippen molar-refractivity contribution >= 4 is 17.2 Å². The number of aromatic nitrogens is 2. The van der Waals surface area contributed by atoms with E-state index in [0.717, 1.165) is 16.9 Å². The zero-order valence-electron chi connectivity index (χ0n) is 11.1. The molecule has 5 nitrogen and oxygen atoms in total. The molecule has 6 heteroatoms. The molecule has 2 rings (SSSR count). The largest absolute Gasteiger partial charge is 0.350 e. The first-order valence-electron chi connectivity index (χ1n) is 6.19. The Kier molecular flexibility index (Phi) is 4.34. The highest BCUT2D eigenvalue weighted by atomic mass is 32.1. The summed E-state index contributed by atoms with van der Waals surface area (Å²) in [6.45, 7) is 2.64. The van der Waals surface area contributed by atoms with Gasteiger partial charge in [0.15, 0.2) is 0 Å². The van der Waals surface area contributed by atoms with Gasteiger partial charge in [-0.15, -0.1) is 11.3 Å². The van der Waals surface area contributed by atoms with Crippen LogP contribution in [0.15, 0.2) is 24.5 Å². The first-order valence-corrected chi connectivity index (χ1v) is 7.01. The molecule has 1 amide bonds. The van der Waals surface area contributed by atoms with Gasteiger partial charge >= 0.3 is 0 Å². The third-order valence-electron chi connectivity index (χ3n) is 2.87. The third kappa shape index (κ3) is 3.42. The summed E-state index contributed by atoms with van der Waals surface area (Å²) in [5.41, 5.74) is 6.61. The molecule has 102 valence electrons. The monoisotopic (exact) mass is 278 g/mol. The Bertz CT molecular complexity index is 560. The van der Waals surface area contributed by atoms with Gasteiger partial charge in [0.1, 0.15) is 6.04 Å². The summed E-state index contributed by atoms with van der Waals surface area (Å²) in [5.74, 6) is -0.181. The molecule has 0 aliphatic rings. The van der Waals surface area contributed by atoms with Crippen LogP contribution in [0.3, 0.4) is 0 Å². The molecule has 1 unspecified atom stereocenters. The Labute approximate surface area is 116 Å². The molecule has 0 saturated carbocycles. The SMILES string of the molecule is CCc1ccc(CNC(=O)C(N)c2cnn(C)c2)s1. The highest BCUT2D eigenvalue weighted by Crippen LogP contribution is 2.17. The van der Waals surface area contributed by atoms with E-state index < -0.39 is 6.04 Å². The Hall–Kier alpha value is -1.66. The molecular weight excluding hydrogens is 260 g/mol. The molecule has 2 heterocycles. The molecule has 0 saturated heterocycles. The number of hydrogen-bond acceptors (Lipinski definition) is 4. The van der Waals surface area contributed by atoms with Crippen molar-refractivity contribution in [2.24, 2.45) is 12.8 Å². The van der Waals surface area contributed by atoms with Crippen LogP contribution in [0, 0.1) is 0 Å². The Balaban J connectivity index is 1.90. The van der Waals surface area contributed by atoms with Crippen LogP contribution in [-0.4, -0.2) is 15.7 Å². The van der Waals surface area contributed by atoms with Crippen LogP contribution in [-0.2, 0) is 24.8 Å². The van der Waals surface area contributed by atoms with Crippen LogP contribution in [0.25, 0.3) is 0 Å². The number of aryl methyl sites for hydroxylation is 2. The van der Waals surface area contributed by atoms with E-state index in [1.807, 2.05) is 6.07 Å². The zero-order valence-corrected chi connectivity index (χ0v) is 11.9. The fourth-order valence-corrected chi connectivity index (χ4v) is 2.64. The van der Waals surface area contributed by atoms with E-state index in [1.165, 1.54) is 4.88 Å². The van der Waals surface area contributed by atoms with Gasteiger partial charge in [-0.1, -0.05) is 6.92 Å². The molecule has 2 aromatic heterocycles. The molecule has 3 N–H and O–H groups in total. The van der Waals surface area contributed by atoms with Gasteiger partial charge in [-0.25, -0.2) is 0 Å². The lowest BCUT2D eigenvalue weighted by atomic mass is 10.1. The Morgan fingerprint density at radius 2 is 2.26 bits per heavy atom. The fraction of sp³-hybridized carbons (Fsp3) is 0.385. The van der Waals surface area contributed by atoms with Gasteiger partial charge < -0.3 is 11.1 Å². The zero-order chi connectivity index (χ0) is 13.8. The van der Waals surface area contributed by atoms with E-state index in [0.29, 0.717) is 6.54 Å². The average molecular weight is 278 g/mol. The lowest BCUT2D eigenvalue weighted by molar-refractivity contribution is -0.122. The highest BCUT2D eigenvalue weighted by Gasteiger charge is 2.17. The fourth-order valence-electron chi connectivity index (χ4n) is 1.74. The van der Waals surface area contributed by atoms with E-state index >= 15 is 0 Å². The van der Waals surface area contributed by atoms with Gasteiger partial charge in [-0.2, -0.15) is 5.10 Å². The summed E-state index contributed by atoms with van der Waals surface area (Å²) in [7, 11) is 1.80. The van der Waals surface area contributed by atoms with Crippen molar-refractivity contribution in [3.05, 3.63) is 39.8 Å². The summed E-state index contributed by atoms with van der Waals surface area (Å²) < 4.78 is 1.63. The van der Waals surface area contributed by atoms with Crippen LogP contribution in [0.1, 0.15) is 28.3 Å². The number of rotatable bonds is 5. The molecule has 2 aromatic rings. The lowest BCUT2D eigenvalue weighted by Gasteiger charge is -2.09. The van der Waals surface area contributed by atoms with Gasteiger partial charge in [-0.3, -0.25) is 9.48 Å². The van der Waals surface area contributed by atoms with Crippen molar-refractivity contribution in [1.29, 1.82) is 0 Å². The summed E-state index contributed by atoms with van der Waals surface area (Å²) in [5, 5.41) is 6.86. The van der Waals surface area contributed by atoms with Gasteiger partial charge in [0.05, 0.1) is 12.7 Å². The summed E-state index contributed by atoms with van der Waals surface area (Å²) in [6.07, 6.45) is 4.39. The highest BCUT2D eigenvalue weighted by molar-refractivity contribution is 7.11. The first-order chi connectivity index (χ1) is 9.10. The van der Waals surface area contributed by atoms with E-state index in [9.17, 15) is 4.79 Å². The molecule has 0 fully saturated rings. The number of carbonyl (C=O) groups is 1. The summed E-state index contributed by atoms with van der Waals surface area (Å²) >= 11 is 1.71. The predicted octanol–water partition coefficient (Wildman–Crippen LogP) is 1.36.